The van der Waals surface area contributed by atoms with Gasteiger partial charge in [0.05, 0.1) is 6.61 Å². The van der Waals surface area contributed by atoms with E-state index in [1.807, 2.05) is 18.2 Å². The van der Waals surface area contributed by atoms with Gasteiger partial charge in [0.1, 0.15) is 0 Å². The molecule has 4 nitrogen and oxygen atoms in total. The second kappa shape index (κ2) is 5.21. The zero-order valence-corrected chi connectivity index (χ0v) is 9.46. The highest BCUT2D eigenvalue weighted by Gasteiger charge is 2.14. The minimum absolute atomic E-state index is 0.322. The Morgan fingerprint density at radius 2 is 2.12 bits per heavy atom. The van der Waals surface area contributed by atoms with Gasteiger partial charge in [-0.1, -0.05) is 12.1 Å². The maximum atomic E-state index is 11.7. The first-order chi connectivity index (χ1) is 8.33. The van der Waals surface area contributed by atoms with E-state index >= 15 is 0 Å². The first kappa shape index (κ1) is 11.3. The van der Waals surface area contributed by atoms with Crippen LogP contribution in [0.25, 0.3) is 11.1 Å². The summed E-state index contributed by atoms with van der Waals surface area (Å²) in [7, 11) is 0. The zero-order valence-electron chi connectivity index (χ0n) is 9.46. The van der Waals surface area contributed by atoms with E-state index in [2.05, 4.69) is 9.97 Å². The Bertz CT molecular complexity index is 512. The molecule has 86 valence electrons. The Morgan fingerprint density at radius 1 is 1.29 bits per heavy atom. The van der Waals surface area contributed by atoms with Gasteiger partial charge in [-0.2, -0.15) is 0 Å². The number of pyridine rings is 2. The van der Waals surface area contributed by atoms with E-state index in [9.17, 15) is 4.79 Å². The number of hydrogen-bond acceptors (Lipinski definition) is 4. The van der Waals surface area contributed by atoms with Gasteiger partial charge >= 0.3 is 5.97 Å². The van der Waals surface area contributed by atoms with Crippen molar-refractivity contribution in [2.75, 3.05) is 6.61 Å². The molecule has 0 N–H and O–H groups in total. The van der Waals surface area contributed by atoms with Crippen LogP contribution in [-0.2, 0) is 4.74 Å². The zero-order chi connectivity index (χ0) is 12.1. The maximum Gasteiger partial charge on any atom is 0.357 e. The Labute approximate surface area is 99.3 Å². The Kier molecular flexibility index (Phi) is 3.45. The average Bonchev–Trinajstić information content (AvgIpc) is 2.40. The van der Waals surface area contributed by atoms with Crippen LogP contribution in [0.3, 0.4) is 0 Å². The summed E-state index contributed by atoms with van der Waals surface area (Å²) in [6.07, 6.45) is 4.95. The fourth-order valence-electron chi connectivity index (χ4n) is 1.52. The van der Waals surface area contributed by atoms with Crippen LogP contribution < -0.4 is 0 Å². The topological polar surface area (TPSA) is 52.1 Å². The third-order valence-electron chi connectivity index (χ3n) is 2.25. The van der Waals surface area contributed by atoms with Crippen LogP contribution >= 0.6 is 0 Å². The number of esters is 1. The lowest BCUT2D eigenvalue weighted by Crippen LogP contribution is -2.08. The summed E-state index contributed by atoms with van der Waals surface area (Å²) < 4.78 is 4.97. The molecule has 0 fully saturated rings. The number of aromatic nitrogens is 2. The van der Waals surface area contributed by atoms with Crippen molar-refractivity contribution in [2.45, 2.75) is 6.92 Å². The van der Waals surface area contributed by atoms with Crippen molar-refractivity contribution in [3.63, 3.8) is 0 Å². The minimum atomic E-state index is -0.410. The third-order valence-corrected chi connectivity index (χ3v) is 2.25. The van der Waals surface area contributed by atoms with Crippen LogP contribution in [0.5, 0.6) is 0 Å². The van der Waals surface area contributed by atoms with Gasteiger partial charge in [-0.15, -0.1) is 0 Å². The van der Waals surface area contributed by atoms with E-state index in [1.165, 1.54) is 0 Å². The van der Waals surface area contributed by atoms with Gasteiger partial charge in [0.2, 0.25) is 0 Å². The van der Waals surface area contributed by atoms with Crippen LogP contribution in [0.1, 0.15) is 17.4 Å². The largest absolute Gasteiger partial charge is 0.461 e. The Balaban J connectivity index is 2.45. The van der Waals surface area contributed by atoms with Crippen molar-refractivity contribution < 1.29 is 9.53 Å². The number of nitrogens with zero attached hydrogens (tertiary/aromatic N) is 2. The number of carbonyl (C=O) groups excluding carboxylic acids is 1. The molecule has 0 radical (unpaired) electrons. The maximum absolute atomic E-state index is 11.7. The molecule has 4 heteroatoms. The molecular weight excluding hydrogens is 216 g/mol. The van der Waals surface area contributed by atoms with Crippen LogP contribution in [0.2, 0.25) is 0 Å². The number of ether oxygens (including phenoxy) is 1. The number of hydrogen-bond donors (Lipinski definition) is 0. The van der Waals surface area contributed by atoms with Gasteiger partial charge in [-0.25, -0.2) is 9.78 Å². The summed E-state index contributed by atoms with van der Waals surface area (Å²) in [6, 6.07) is 7.31. The highest BCUT2D eigenvalue weighted by molar-refractivity contribution is 5.95. The Hall–Kier alpha value is -2.23. The highest BCUT2D eigenvalue weighted by Crippen LogP contribution is 2.21. The van der Waals surface area contributed by atoms with Gasteiger partial charge in [0.15, 0.2) is 5.69 Å². The predicted molar refractivity (Wildman–Crippen MR) is 63.4 cm³/mol. The van der Waals surface area contributed by atoms with E-state index in [0.29, 0.717) is 12.3 Å². The first-order valence-electron chi connectivity index (χ1n) is 5.35. The molecule has 0 saturated carbocycles. The molecule has 0 aromatic carbocycles. The molecular formula is C13H12N2O2. The summed E-state index contributed by atoms with van der Waals surface area (Å²) in [5.41, 5.74) is 1.91. The molecule has 0 aliphatic heterocycles. The molecule has 2 rings (SSSR count). The minimum Gasteiger partial charge on any atom is -0.461 e. The van der Waals surface area contributed by atoms with E-state index < -0.39 is 5.97 Å². The summed E-state index contributed by atoms with van der Waals surface area (Å²) >= 11 is 0. The van der Waals surface area contributed by atoms with Crippen molar-refractivity contribution in [3.8, 4) is 11.1 Å². The molecule has 0 aliphatic rings. The highest BCUT2D eigenvalue weighted by atomic mass is 16.5. The van der Waals surface area contributed by atoms with Gasteiger partial charge in [0.25, 0.3) is 0 Å². The molecule has 0 aliphatic carbocycles. The molecule has 0 bridgehead atoms. The van der Waals surface area contributed by atoms with E-state index in [4.69, 9.17) is 4.74 Å². The summed E-state index contributed by atoms with van der Waals surface area (Å²) in [6.45, 7) is 2.10. The van der Waals surface area contributed by atoms with Gasteiger partial charge in [-0.05, 0) is 19.1 Å². The van der Waals surface area contributed by atoms with Gasteiger partial charge < -0.3 is 4.74 Å². The second-order valence-electron chi connectivity index (χ2n) is 3.36. The van der Waals surface area contributed by atoms with E-state index in [0.717, 1.165) is 11.1 Å². The van der Waals surface area contributed by atoms with Crippen molar-refractivity contribution in [3.05, 3.63) is 48.5 Å². The lowest BCUT2D eigenvalue weighted by molar-refractivity contribution is 0.0520. The average molecular weight is 228 g/mol. The van der Waals surface area contributed by atoms with Crippen LogP contribution in [0.15, 0.2) is 42.9 Å². The molecule has 17 heavy (non-hydrogen) atoms. The summed E-state index contributed by atoms with van der Waals surface area (Å²) in [4.78, 5) is 19.8. The summed E-state index contributed by atoms with van der Waals surface area (Å²) in [5, 5.41) is 0. The van der Waals surface area contributed by atoms with E-state index in [1.54, 1.807) is 31.6 Å². The second-order valence-corrected chi connectivity index (χ2v) is 3.36. The Morgan fingerprint density at radius 3 is 2.82 bits per heavy atom. The fourth-order valence-corrected chi connectivity index (χ4v) is 1.52. The lowest BCUT2D eigenvalue weighted by atomic mass is 10.1. The van der Waals surface area contributed by atoms with Crippen molar-refractivity contribution in [1.29, 1.82) is 0 Å². The quantitative estimate of drug-likeness (QED) is 0.756. The number of carbonyl (C=O) groups is 1. The fraction of sp³-hybridized carbons (Fsp3) is 0.154. The molecule has 2 heterocycles. The summed E-state index contributed by atoms with van der Waals surface area (Å²) in [5.74, 6) is -0.410. The molecule has 2 aromatic heterocycles. The third kappa shape index (κ3) is 2.47. The lowest BCUT2D eigenvalue weighted by Gasteiger charge is -2.07. The predicted octanol–water partition coefficient (Wildman–Crippen LogP) is 2.32. The van der Waals surface area contributed by atoms with E-state index in [-0.39, 0.29) is 0 Å². The van der Waals surface area contributed by atoms with Crippen molar-refractivity contribution in [1.82, 2.24) is 9.97 Å². The van der Waals surface area contributed by atoms with Crippen LogP contribution in [0, 0.1) is 0 Å². The van der Waals surface area contributed by atoms with Gasteiger partial charge in [-0.3, -0.25) is 4.98 Å². The normalized spacial score (nSPS) is 9.94. The molecule has 0 atom stereocenters. The standard InChI is InChI=1S/C13H12N2O2/c1-2-17-13(16)12-11(6-4-8-15-12)10-5-3-7-14-9-10/h3-9H,2H2,1H3. The molecule has 2 aromatic rings. The van der Waals surface area contributed by atoms with Gasteiger partial charge in [0, 0.05) is 29.7 Å². The van der Waals surface area contributed by atoms with Crippen LogP contribution in [0.4, 0.5) is 0 Å². The molecule has 0 unspecified atom stereocenters. The molecule has 0 saturated heterocycles. The van der Waals surface area contributed by atoms with Crippen LogP contribution in [-0.4, -0.2) is 22.5 Å². The van der Waals surface area contributed by atoms with Crippen molar-refractivity contribution >= 4 is 5.97 Å². The SMILES string of the molecule is CCOC(=O)c1ncccc1-c1cccnc1. The smallest absolute Gasteiger partial charge is 0.357 e. The first-order valence-corrected chi connectivity index (χ1v) is 5.35. The molecule has 0 spiro atoms. The number of rotatable bonds is 3. The monoisotopic (exact) mass is 228 g/mol. The van der Waals surface area contributed by atoms with Crippen molar-refractivity contribution in [2.24, 2.45) is 0 Å². The molecule has 0 amide bonds.